The molecular weight excluding hydrogens is 276 g/mol. The lowest BCUT2D eigenvalue weighted by molar-refractivity contribution is -0.117. The van der Waals surface area contributed by atoms with E-state index in [1.165, 1.54) is 24.8 Å². The maximum atomic E-state index is 12.3. The van der Waals surface area contributed by atoms with Crippen LogP contribution in [0.3, 0.4) is 0 Å². The Morgan fingerprint density at radius 1 is 1.32 bits per heavy atom. The van der Waals surface area contributed by atoms with Crippen molar-refractivity contribution in [2.75, 3.05) is 24.5 Å². The zero-order valence-corrected chi connectivity index (χ0v) is 13.3. The summed E-state index contributed by atoms with van der Waals surface area (Å²) < 4.78 is 0. The molecule has 0 unspecified atom stereocenters. The fourth-order valence-electron chi connectivity index (χ4n) is 2.66. The quantitative estimate of drug-likeness (QED) is 0.460. The molecule has 0 saturated carbocycles. The number of unbranched alkanes of at least 4 members (excludes halogenated alkanes) is 3. The van der Waals surface area contributed by atoms with Crippen LogP contribution in [0.2, 0.25) is 0 Å². The predicted molar refractivity (Wildman–Crippen MR) is 91.1 cm³/mol. The molecule has 0 radical (unpaired) electrons. The highest BCUT2D eigenvalue weighted by atomic mass is 16.2. The van der Waals surface area contributed by atoms with Gasteiger partial charge in [-0.05, 0) is 24.5 Å². The minimum absolute atomic E-state index is 0.000632. The molecule has 1 amide bonds. The number of para-hydroxylation sites is 1. The first-order valence-corrected chi connectivity index (χ1v) is 8.14. The monoisotopic (exact) mass is 302 g/mol. The van der Waals surface area contributed by atoms with Crippen LogP contribution in [0.4, 0.5) is 5.69 Å². The van der Waals surface area contributed by atoms with E-state index in [0.29, 0.717) is 5.96 Å². The number of anilines is 1. The molecular formula is C17H26N4O. The second-order valence-corrected chi connectivity index (χ2v) is 5.61. The number of fused-ring (bicyclic) bond motifs is 1. The zero-order chi connectivity index (χ0) is 15.8. The zero-order valence-electron chi connectivity index (χ0n) is 13.3. The molecule has 0 atom stereocenters. The third-order valence-electron chi connectivity index (χ3n) is 3.91. The summed E-state index contributed by atoms with van der Waals surface area (Å²) in [4.78, 5) is 18.2. The summed E-state index contributed by atoms with van der Waals surface area (Å²) >= 11 is 0. The van der Waals surface area contributed by atoms with Gasteiger partial charge in [0.15, 0.2) is 5.96 Å². The van der Waals surface area contributed by atoms with E-state index in [2.05, 4.69) is 23.3 Å². The lowest BCUT2D eigenvalue weighted by Crippen LogP contribution is -2.35. The van der Waals surface area contributed by atoms with Gasteiger partial charge in [-0.1, -0.05) is 44.4 Å². The van der Waals surface area contributed by atoms with Gasteiger partial charge >= 0.3 is 0 Å². The van der Waals surface area contributed by atoms with Gasteiger partial charge in [0.25, 0.3) is 0 Å². The highest BCUT2D eigenvalue weighted by Crippen LogP contribution is 2.27. The third kappa shape index (κ3) is 4.48. The van der Waals surface area contributed by atoms with Crippen LogP contribution in [0.5, 0.6) is 0 Å². The summed E-state index contributed by atoms with van der Waals surface area (Å²) in [6, 6.07) is 8.02. The van der Waals surface area contributed by atoms with E-state index in [0.717, 1.165) is 31.6 Å². The van der Waals surface area contributed by atoms with Gasteiger partial charge < -0.3 is 16.0 Å². The number of carbonyl (C=O) groups excluding carboxylic acids is 1. The van der Waals surface area contributed by atoms with Gasteiger partial charge in [-0.25, -0.2) is 4.99 Å². The first kappa shape index (κ1) is 16.3. The second-order valence-electron chi connectivity index (χ2n) is 5.61. The molecule has 5 nitrogen and oxygen atoms in total. The number of benzene rings is 1. The first-order valence-electron chi connectivity index (χ1n) is 8.14. The Bertz CT molecular complexity index is 527. The van der Waals surface area contributed by atoms with Crippen LogP contribution in [-0.4, -0.2) is 31.5 Å². The predicted octanol–water partition coefficient (Wildman–Crippen LogP) is 2.06. The van der Waals surface area contributed by atoms with Gasteiger partial charge in [0.2, 0.25) is 5.91 Å². The van der Waals surface area contributed by atoms with Crippen molar-refractivity contribution in [1.82, 2.24) is 5.32 Å². The average molecular weight is 302 g/mol. The average Bonchev–Trinajstić information content (AvgIpc) is 2.96. The van der Waals surface area contributed by atoms with Gasteiger partial charge in [0.1, 0.15) is 6.54 Å². The van der Waals surface area contributed by atoms with Gasteiger partial charge in [-0.2, -0.15) is 0 Å². The van der Waals surface area contributed by atoms with Crippen LogP contribution in [0.25, 0.3) is 0 Å². The maximum absolute atomic E-state index is 12.3. The number of nitrogens with one attached hydrogen (secondary N) is 1. The number of hydrogen-bond acceptors (Lipinski definition) is 2. The van der Waals surface area contributed by atoms with Crippen molar-refractivity contribution in [3.63, 3.8) is 0 Å². The van der Waals surface area contributed by atoms with Crippen molar-refractivity contribution in [3.05, 3.63) is 29.8 Å². The molecule has 1 aliphatic rings. The second kappa shape index (κ2) is 8.41. The van der Waals surface area contributed by atoms with E-state index in [9.17, 15) is 4.79 Å². The van der Waals surface area contributed by atoms with Crippen molar-refractivity contribution in [3.8, 4) is 0 Å². The molecule has 2 rings (SSSR count). The summed E-state index contributed by atoms with van der Waals surface area (Å²) in [5.41, 5.74) is 8.03. The summed E-state index contributed by atoms with van der Waals surface area (Å²) in [5, 5.41) is 3.06. The fraction of sp³-hybridized carbons (Fsp3) is 0.529. The maximum Gasteiger partial charge on any atom is 0.248 e. The Labute approximate surface area is 132 Å². The molecule has 5 heteroatoms. The first-order chi connectivity index (χ1) is 10.7. The third-order valence-corrected chi connectivity index (χ3v) is 3.91. The normalized spacial score (nSPS) is 14.0. The standard InChI is InChI=1S/C17H26N4O/c1-2-3-4-7-11-19-17(18)20-13-16(22)21-12-10-14-8-5-6-9-15(14)21/h5-6,8-9H,2-4,7,10-13H2,1H3,(H3,18,19,20). The van der Waals surface area contributed by atoms with Crippen LogP contribution >= 0.6 is 0 Å². The molecule has 1 heterocycles. The minimum atomic E-state index is 0.000632. The van der Waals surface area contributed by atoms with Gasteiger partial charge in [0, 0.05) is 18.8 Å². The lowest BCUT2D eigenvalue weighted by atomic mass is 10.2. The van der Waals surface area contributed by atoms with E-state index in [4.69, 9.17) is 5.73 Å². The Morgan fingerprint density at radius 2 is 2.14 bits per heavy atom. The van der Waals surface area contributed by atoms with Crippen LogP contribution in [0.1, 0.15) is 38.2 Å². The van der Waals surface area contributed by atoms with Crippen LogP contribution < -0.4 is 16.0 Å². The van der Waals surface area contributed by atoms with Crippen molar-refractivity contribution >= 4 is 17.6 Å². The molecule has 0 bridgehead atoms. The van der Waals surface area contributed by atoms with Gasteiger partial charge in [0.05, 0.1) is 0 Å². The Kier molecular flexibility index (Phi) is 6.25. The summed E-state index contributed by atoms with van der Waals surface area (Å²) in [6.07, 6.45) is 5.65. The van der Waals surface area contributed by atoms with Gasteiger partial charge in [-0.3, -0.25) is 4.79 Å². The van der Waals surface area contributed by atoms with Crippen molar-refractivity contribution in [1.29, 1.82) is 0 Å². The highest BCUT2D eigenvalue weighted by Gasteiger charge is 2.23. The van der Waals surface area contributed by atoms with Crippen LogP contribution in [-0.2, 0) is 11.2 Å². The molecule has 0 aromatic heterocycles. The molecule has 22 heavy (non-hydrogen) atoms. The number of hydrogen-bond donors (Lipinski definition) is 2. The molecule has 0 aliphatic carbocycles. The molecule has 3 N–H and O–H groups in total. The Balaban J connectivity index is 1.77. The molecule has 0 saturated heterocycles. The topological polar surface area (TPSA) is 70.7 Å². The number of rotatable bonds is 7. The van der Waals surface area contributed by atoms with Crippen LogP contribution in [0.15, 0.2) is 29.3 Å². The minimum Gasteiger partial charge on any atom is -0.370 e. The number of aliphatic imine (C=N–C) groups is 1. The van der Waals surface area contributed by atoms with E-state index < -0.39 is 0 Å². The Morgan fingerprint density at radius 3 is 2.95 bits per heavy atom. The summed E-state index contributed by atoms with van der Waals surface area (Å²) in [5.74, 6) is 0.359. The fourth-order valence-corrected chi connectivity index (χ4v) is 2.66. The molecule has 1 aromatic rings. The van der Waals surface area contributed by atoms with Gasteiger partial charge in [-0.15, -0.1) is 0 Å². The van der Waals surface area contributed by atoms with E-state index in [-0.39, 0.29) is 12.5 Å². The van der Waals surface area contributed by atoms with E-state index in [1.54, 1.807) is 4.90 Å². The van der Waals surface area contributed by atoms with E-state index >= 15 is 0 Å². The largest absolute Gasteiger partial charge is 0.370 e. The number of nitrogens with zero attached hydrogens (tertiary/aromatic N) is 2. The Hall–Kier alpha value is -2.04. The van der Waals surface area contributed by atoms with Crippen molar-refractivity contribution in [2.45, 2.75) is 39.0 Å². The molecule has 1 aliphatic heterocycles. The number of nitrogens with two attached hydrogens (primary N) is 1. The number of guanidine groups is 1. The number of amides is 1. The smallest absolute Gasteiger partial charge is 0.248 e. The highest BCUT2D eigenvalue weighted by molar-refractivity contribution is 5.97. The van der Waals surface area contributed by atoms with Crippen molar-refractivity contribution in [2.24, 2.45) is 10.7 Å². The molecule has 0 spiro atoms. The van der Waals surface area contributed by atoms with Crippen LogP contribution in [0, 0.1) is 0 Å². The molecule has 0 fully saturated rings. The summed E-state index contributed by atoms with van der Waals surface area (Å²) in [6.45, 7) is 3.83. The lowest BCUT2D eigenvalue weighted by Gasteiger charge is -2.16. The van der Waals surface area contributed by atoms with E-state index in [1.807, 2.05) is 18.2 Å². The molecule has 1 aromatic carbocycles. The number of carbonyl (C=O) groups is 1. The summed E-state index contributed by atoms with van der Waals surface area (Å²) in [7, 11) is 0. The van der Waals surface area contributed by atoms with Crippen molar-refractivity contribution < 1.29 is 4.79 Å². The SMILES string of the molecule is CCCCCCNC(N)=NCC(=O)N1CCc2ccccc21. The molecule has 120 valence electrons.